The Kier molecular flexibility index (Phi) is 4.34. The maximum Gasteiger partial charge on any atom is 0.352 e. The summed E-state index contributed by atoms with van der Waals surface area (Å²) in [6, 6.07) is 4.72. The SMILES string of the molecule is Cc1nc(=O)n(-c2ccc(Cl)cc2Cl)c(C)c1CC(=O)O. The van der Waals surface area contributed by atoms with Crippen LogP contribution in [-0.4, -0.2) is 20.6 Å². The average Bonchev–Trinajstić information content (AvgIpc) is 2.36. The minimum absolute atomic E-state index is 0.212. The van der Waals surface area contributed by atoms with Gasteiger partial charge >= 0.3 is 11.7 Å². The quantitative estimate of drug-likeness (QED) is 0.941. The molecular formula is C14H12Cl2N2O3. The molecule has 21 heavy (non-hydrogen) atoms. The van der Waals surface area contributed by atoms with Crippen LogP contribution in [0.3, 0.4) is 0 Å². The van der Waals surface area contributed by atoms with Crippen LogP contribution in [0.4, 0.5) is 0 Å². The van der Waals surface area contributed by atoms with Gasteiger partial charge in [0.2, 0.25) is 0 Å². The first kappa shape index (κ1) is 15.5. The lowest BCUT2D eigenvalue weighted by Crippen LogP contribution is -2.27. The van der Waals surface area contributed by atoms with E-state index in [1.807, 2.05) is 0 Å². The molecule has 5 nitrogen and oxygen atoms in total. The van der Waals surface area contributed by atoms with E-state index in [2.05, 4.69) is 4.98 Å². The predicted octanol–water partition coefficient (Wildman–Crippen LogP) is 2.78. The Morgan fingerprint density at radius 1 is 1.33 bits per heavy atom. The third-order valence-electron chi connectivity index (χ3n) is 3.14. The van der Waals surface area contributed by atoms with E-state index in [9.17, 15) is 9.59 Å². The zero-order valence-electron chi connectivity index (χ0n) is 11.4. The maximum absolute atomic E-state index is 12.1. The smallest absolute Gasteiger partial charge is 0.352 e. The topological polar surface area (TPSA) is 72.2 Å². The second kappa shape index (κ2) is 5.87. The standard InChI is InChI=1S/C14H12Cl2N2O3/c1-7-10(6-13(19)20)8(2)18(14(21)17-7)12-4-3-9(15)5-11(12)16/h3-5H,6H2,1-2H3,(H,19,20). The van der Waals surface area contributed by atoms with E-state index in [0.717, 1.165) is 0 Å². The lowest BCUT2D eigenvalue weighted by Gasteiger charge is -2.15. The molecule has 0 unspecified atom stereocenters. The Morgan fingerprint density at radius 2 is 2.00 bits per heavy atom. The van der Waals surface area contributed by atoms with Crippen molar-refractivity contribution in [3.05, 3.63) is 55.7 Å². The van der Waals surface area contributed by atoms with Crippen molar-refractivity contribution in [3.63, 3.8) is 0 Å². The predicted molar refractivity (Wildman–Crippen MR) is 80.7 cm³/mol. The minimum atomic E-state index is -0.990. The zero-order chi connectivity index (χ0) is 15.7. The van der Waals surface area contributed by atoms with Crippen molar-refractivity contribution in [1.29, 1.82) is 0 Å². The van der Waals surface area contributed by atoms with Crippen molar-refractivity contribution >= 4 is 29.2 Å². The van der Waals surface area contributed by atoms with Crippen molar-refractivity contribution in [1.82, 2.24) is 9.55 Å². The molecule has 2 rings (SSSR count). The number of hydrogen-bond acceptors (Lipinski definition) is 3. The summed E-state index contributed by atoms with van der Waals surface area (Å²) in [7, 11) is 0. The summed E-state index contributed by atoms with van der Waals surface area (Å²) < 4.78 is 1.30. The number of carbonyl (C=O) groups is 1. The van der Waals surface area contributed by atoms with E-state index in [0.29, 0.717) is 32.7 Å². The number of hydrogen-bond donors (Lipinski definition) is 1. The molecule has 0 aliphatic rings. The Morgan fingerprint density at radius 3 is 2.57 bits per heavy atom. The average molecular weight is 327 g/mol. The molecule has 1 aromatic carbocycles. The van der Waals surface area contributed by atoms with Gasteiger partial charge in [0.15, 0.2) is 0 Å². The molecule has 0 spiro atoms. The molecule has 0 aliphatic carbocycles. The van der Waals surface area contributed by atoms with Crippen molar-refractivity contribution in [2.24, 2.45) is 0 Å². The highest BCUT2D eigenvalue weighted by atomic mass is 35.5. The molecule has 1 heterocycles. The zero-order valence-corrected chi connectivity index (χ0v) is 12.9. The van der Waals surface area contributed by atoms with Gasteiger partial charge in [0, 0.05) is 22.0 Å². The fraction of sp³-hybridized carbons (Fsp3) is 0.214. The van der Waals surface area contributed by atoms with Gasteiger partial charge in [-0.15, -0.1) is 0 Å². The number of aliphatic carboxylic acids is 1. The van der Waals surface area contributed by atoms with Crippen LogP contribution in [-0.2, 0) is 11.2 Å². The molecule has 1 N–H and O–H groups in total. The van der Waals surface area contributed by atoms with Crippen LogP contribution >= 0.6 is 23.2 Å². The van der Waals surface area contributed by atoms with Crippen LogP contribution < -0.4 is 5.69 Å². The van der Waals surface area contributed by atoms with Gasteiger partial charge in [-0.2, -0.15) is 4.98 Å². The molecule has 1 aromatic heterocycles. The van der Waals surface area contributed by atoms with E-state index in [4.69, 9.17) is 28.3 Å². The Bertz CT molecular complexity index is 785. The van der Waals surface area contributed by atoms with Gasteiger partial charge in [-0.25, -0.2) is 4.79 Å². The van der Waals surface area contributed by atoms with E-state index >= 15 is 0 Å². The second-order valence-corrected chi connectivity index (χ2v) is 5.39. The lowest BCUT2D eigenvalue weighted by atomic mass is 10.1. The number of benzene rings is 1. The maximum atomic E-state index is 12.1. The molecular weight excluding hydrogens is 315 g/mol. The number of aromatic nitrogens is 2. The molecule has 0 saturated heterocycles. The van der Waals surface area contributed by atoms with Crippen molar-refractivity contribution < 1.29 is 9.90 Å². The normalized spacial score (nSPS) is 10.7. The molecule has 0 aliphatic heterocycles. The first-order chi connectivity index (χ1) is 9.81. The van der Waals surface area contributed by atoms with Crippen LogP contribution in [0, 0.1) is 13.8 Å². The molecule has 2 aromatic rings. The van der Waals surface area contributed by atoms with Gasteiger partial charge in [-0.1, -0.05) is 23.2 Å². The summed E-state index contributed by atoms with van der Waals surface area (Å²) in [5.41, 5.74) is 1.31. The van der Waals surface area contributed by atoms with Crippen LogP contribution in [0.15, 0.2) is 23.0 Å². The van der Waals surface area contributed by atoms with Crippen LogP contribution in [0.5, 0.6) is 0 Å². The Balaban J connectivity index is 2.74. The van der Waals surface area contributed by atoms with E-state index < -0.39 is 11.7 Å². The van der Waals surface area contributed by atoms with E-state index in [-0.39, 0.29) is 6.42 Å². The molecule has 7 heteroatoms. The fourth-order valence-corrected chi connectivity index (χ4v) is 2.65. The summed E-state index contributed by atoms with van der Waals surface area (Å²) in [4.78, 5) is 27.0. The number of halogens is 2. The number of nitrogens with zero attached hydrogens (tertiary/aromatic N) is 2. The largest absolute Gasteiger partial charge is 0.481 e. The molecule has 0 amide bonds. The summed E-state index contributed by atoms with van der Waals surface area (Å²) >= 11 is 12.0. The van der Waals surface area contributed by atoms with Crippen molar-refractivity contribution in [2.45, 2.75) is 20.3 Å². The fourth-order valence-electron chi connectivity index (χ4n) is 2.15. The van der Waals surface area contributed by atoms with Crippen LogP contribution in [0.1, 0.15) is 17.0 Å². The highest BCUT2D eigenvalue weighted by Gasteiger charge is 2.16. The molecule has 0 fully saturated rings. The van der Waals surface area contributed by atoms with Gasteiger partial charge in [0.05, 0.1) is 17.1 Å². The van der Waals surface area contributed by atoms with Gasteiger partial charge in [-0.3, -0.25) is 9.36 Å². The monoisotopic (exact) mass is 326 g/mol. The second-order valence-electron chi connectivity index (χ2n) is 4.55. The highest BCUT2D eigenvalue weighted by molar-refractivity contribution is 6.35. The van der Waals surface area contributed by atoms with E-state index in [1.165, 1.54) is 10.6 Å². The number of carboxylic acid groups (broad SMARTS) is 1. The number of rotatable bonds is 3. The van der Waals surface area contributed by atoms with Gasteiger partial charge in [-0.05, 0) is 32.0 Å². The summed E-state index contributed by atoms with van der Waals surface area (Å²) in [6.07, 6.45) is -0.212. The van der Waals surface area contributed by atoms with E-state index in [1.54, 1.807) is 26.0 Å². The molecule has 0 radical (unpaired) electrons. The third kappa shape index (κ3) is 3.09. The van der Waals surface area contributed by atoms with Gasteiger partial charge in [0.1, 0.15) is 0 Å². The Labute approximate surface area is 130 Å². The third-order valence-corrected chi connectivity index (χ3v) is 3.68. The molecule has 0 saturated carbocycles. The van der Waals surface area contributed by atoms with Crippen molar-refractivity contribution in [3.8, 4) is 5.69 Å². The first-order valence-electron chi connectivity index (χ1n) is 6.07. The first-order valence-corrected chi connectivity index (χ1v) is 6.83. The van der Waals surface area contributed by atoms with Gasteiger partial charge < -0.3 is 5.11 Å². The van der Waals surface area contributed by atoms with Gasteiger partial charge in [0.25, 0.3) is 0 Å². The Hall–Kier alpha value is -1.85. The van der Waals surface area contributed by atoms with Crippen molar-refractivity contribution in [2.75, 3.05) is 0 Å². The summed E-state index contributed by atoms with van der Waals surface area (Å²) in [5, 5.41) is 9.71. The number of carboxylic acids is 1. The number of aryl methyl sites for hydroxylation is 1. The summed E-state index contributed by atoms with van der Waals surface area (Å²) in [6.45, 7) is 3.28. The molecule has 0 bridgehead atoms. The van der Waals surface area contributed by atoms with Crippen LogP contribution in [0.25, 0.3) is 5.69 Å². The van der Waals surface area contributed by atoms with Crippen LogP contribution in [0.2, 0.25) is 10.0 Å². The lowest BCUT2D eigenvalue weighted by molar-refractivity contribution is -0.136. The molecule has 110 valence electrons. The molecule has 0 atom stereocenters. The summed E-state index contributed by atoms with van der Waals surface area (Å²) in [5.74, 6) is -0.990. The highest BCUT2D eigenvalue weighted by Crippen LogP contribution is 2.25. The minimum Gasteiger partial charge on any atom is -0.481 e.